The molecule has 4 rings (SSSR count). The van der Waals surface area contributed by atoms with Gasteiger partial charge in [-0.25, -0.2) is 22.9 Å². The molecule has 2 aromatic rings. The second-order valence-corrected chi connectivity index (χ2v) is 9.67. The molecule has 0 N–H and O–H groups in total. The number of hydrogen-bond acceptors (Lipinski definition) is 8. The molecule has 0 aliphatic carbocycles. The van der Waals surface area contributed by atoms with Crippen molar-refractivity contribution in [3.8, 4) is 0 Å². The van der Waals surface area contributed by atoms with Crippen LogP contribution in [0.1, 0.15) is 24.4 Å². The highest BCUT2D eigenvalue weighted by Gasteiger charge is 2.36. The maximum absolute atomic E-state index is 12.8. The molecule has 2 aromatic heterocycles. The molecule has 1 amide bonds. The molecule has 0 unspecified atom stereocenters. The van der Waals surface area contributed by atoms with Crippen molar-refractivity contribution in [3.05, 3.63) is 29.6 Å². The number of rotatable bonds is 3. The van der Waals surface area contributed by atoms with E-state index in [0.29, 0.717) is 37.4 Å². The second-order valence-electron chi connectivity index (χ2n) is 6.70. The maximum Gasteiger partial charge on any atom is 0.414 e. The van der Waals surface area contributed by atoms with Gasteiger partial charge < -0.3 is 4.74 Å². The number of aromatic nitrogens is 4. The molecule has 0 atom stereocenters. The SMILES string of the molecule is COC(=O)N1Cc2ncnn2C=C1C1CCN(S(=O)(=O)c2cc(C)ns2)CC1. The number of hydrogen-bond donors (Lipinski definition) is 0. The first-order chi connectivity index (χ1) is 13.4. The molecule has 10 nitrogen and oxygen atoms in total. The third-order valence-corrected chi connectivity index (χ3v) is 8.18. The molecule has 1 fully saturated rings. The average molecular weight is 425 g/mol. The molecule has 4 heterocycles. The molecule has 0 aromatic carbocycles. The predicted octanol–water partition coefficient (Wildman–Crippen LogP) is 1.52. The highest BCUT2D eigenvalue weighted by atomic mass is 32.2. The minimum Gasteiger partial charge on any atom is -0.452 e. The second kappa shape index (κ2) is 7.26. The van der Waals surface area contributed by atoms with Crippen molar-refractivity contribution in [1.82, 2.24) is 28.3 Å². The van der Waals surface area contributed by atoms with Crippen LogP contribution in [-0.2, 0) is 21.3 Å². The van der Waals surface area contributed by atoms with E-state index in [1.807, 2.05) is 0 Å². The van der Waals surface area contributed by atoms with Crippen LogP contribution in [-0.4, -0.2) is 63.1 Å². The lowest BCUT2D eigenvalue weighted by Crippen LogP contribution is -2.42. The van der Waals surface area contributed by atoms with Gasteiger partial charge in [0.1, 0.15) is 6.33 Å². The molecule has 28 heavy (non-hydrogen) atoms. The topological polar surface area (TPSA) is 111 Å². The molecule has 150 valence electrons. The Hall–Kier alpha value is -2.31. The summed E-state index contributed by atoms with van der Waals surface area (Å²) in [5.41, 5.74) is 1.47. The third-order valence-electron chi connectivity index (χ3n) is 4.98. The standard InChI is InChI=1S/C16H20N6O4S2/c1-11-7-15(27-19-11)28(24,25)20-5-3-12(4-6-20)13-8-22-14(17-10-18-22)9-21(13)16(23)26-2/h7-8,10,12H,3-6,9H2,1-2H3. The highest BCUT2D eigenvalue weighted by molar-refractivity contribution is 7.91. The van der Waals surface area contributed by atoms with E-state index in [1.165, 1.54) is 17.7 Å². The van der Waals surface area contributed by atoms with Crippen LogP contribution >= 0.6 is 11.5 Å². The number of carbonyl (C=O) groups is 1. The number of aryl methyl sites for hydroxylation is 1. The van der Waals surface area contributed by atoms with Gasteiger partial charge in [0.15, 0.2) is 10.0 Å². The summed E-state index contributed by atoms with van der Waals surface area (Å²) in [6.07, 6.45) is 3.96. The zero-order valence-electron chi connectivity index (χ0n) is 15.5. The van der Waals surface area contributed by atoms with Gasteiger partial charge in [0, 0.05) is 24.7 Å². The lowest BCUT2D eigenvalue weighted by molar-refractivity contribution is 0.123. The van der Waals surface area contributed by atoms with E-state index in [0.717, 1.165) is 17.2 Å². The number of carbonyl (C=O) groups excluding carboxylic acids is 1. The minimum atomic E-state index is -3.53. The van der Waals surface area contributed by atoms with Crippen molar-refractivity contribution < 1.29 is 17.9 Å². The van der Waals surface area contributed by atoms with Gasteiger partial charge in [-0.05, 0) is 37.4 Å². The Morgan fingerprint density at radius 2 is 2.07 bits per heavy atom. The Bertz CT molecular complexity index is 1020. The maximum atomic E-state index is 12.8. The summed E-state index contributed by atoms with van der Waals surface area (Å²) in [4.78, 5) is 18.0. The van der Waals surface area contributed by atoms with Crippen molar-refractivity contribution in [2.24, 2.45) is 5.92 Å². The van der Waals surface area contributed by atoms with Crippen LogP contribution < -0.4 is 0 Å². The Balaban J connectivity index is 1.53. The molecule has 2 aliphatic rings. The summed E-state index contributed by atoms with van der Waals surface area (Å²) >= 11 is 1.00. The van der Waals surface area contributed by atoms with Gasteiger partial charge in [0.25, 0.3) is 10.0 Å². The van der Waals surface area contributed by atoms with Crippen molar-refractivity contribution in [1.29, 1.82) is 0 Å². The summed E-state index contributed by atoms with van der Waals surface area (Å²) in [5, 5.41) is 4.16. The molecule has 0 radical (unpaired) electrons. The summed E-state index contributed by atoms with van der Waals surface area (Å²) < 4.78 is 38.0. The van der Waals surface area contributed by atoms with Gasteiger partial charge in [0.05, 0.1) is 25.5 Å². The predicted molar refractivity (Wildman–Crippen MR) is 101 cm³/mol. The molecule has 2 aliphatic heterocycles. The van der Waals surface area contributed by atoms with E-state index < -0.39 is 16.1 Å². The van der Waals surface area contributed by atoms with Crippen LogP contribution in [0, 0.1) is 12.8 Å². The lowest BCUT2D eigenvalue weighted by Gasteiger charge is -2.36. The van der Waals surface area contributed by atoms with E-state index in [-0.39, 0.29) is 16.7 Å². The van der Waals surface area contributed by atoms with Gasteiger partial charge in [0.2, 0.25) is 0 Å². The van der Waals surface area contributed by atoms with Crippen LogP contribution in [0.4, 0.5) is 4.79 Å². The smallest absolute Gasteiger partial charge is 0.414 e. The zero-order valence-corrected chi connectivity index (χ0v) is 17.1. The summed E-state index contributed by atoms with van der Waals surface area (Å²) in [6, 6.07) is 1.60. The Morgan fingerprint density at radius 3 is 2.71 bits per heavy atom. The van der Waals surface area contributed by atoms with Crippen LogP contribution in [0.15, 0.2) is 22.3 Å². The first-order valence-corrected chi connectivity index (χ1v) is 11.0. The van der Waals surface area contributed by atoms with Gasteiger partial charge in [-0.15, -0.1) is 0 Å². The number of fused-ring (bicyclic) bond motifs is 1. The number of allylic oxidation sites excluding steroid dienone is 1. The fraction of sp³-hybridized carbons (Fsp3) is 0.500. The van der Waals surface area contributed by atoms with Gasteiger partial charge >= 0.3 is 6.09 Å². The van der Waals surface area contributed by atoms with Crippen LogP contribution in [0.3, 0.4) is 0 Å². The third kappa shape index (κ3) is 3.31. The number of nitrogens with zero attached hydrogens (tertiary/aromatic N) is 6. The number of piperidine rings is 1. The first kappa shape index (κ1) is 19.0. The summed E-state index contributed by atoms with van der Waals surface area (Å²) in [6.45, 7) is 2.80. The van der Waals surface area contributed by atoms with E-state index in [4.69, 9.17) is 4.74 Å². The number of amides is 1. The van der Waals surface area contributed by atoms with Gasteiger partial charge in [-0.1, -0.05) is 0 Å². The van der Waals surface area contributed by atoms with E-state index in [2.05, 4.69) is 14.5 Å². The first-order valence-electron chi connectivity index (χ1n) is 8.79. The summed E-state index contributed by atoms with van der Waals surface area (Å²) in [5.74, 6) is 0.667. The van der Waals surface area contributed by atoms with Crippen LogP contribution in [0.25, 0.3) is 6.20 Å². The average Bonchev–Trinajstić information content (AvgIpc) is 3.35. The largest absolute Gasteiger partial charge is 0.452 e. The fourth-order valence-corrected chi connectivity index (χ4v) is 6.09. The lowest BCUT2D eigenvalue weighted by atomic mass is 9.93. The zero-order chi connectivity index (χ0) is 19.9. The quantitative estimate of drug-likeness (QED) is 0.734. The molecule has 1 saturated heterocycles. The van der Waals surface area contributed by atoms with E-state index >= 15 is 0 Å². The number of sulfonamides is 1. The highest BCUT2D eigenvalue weighted by Crippen LogP contribution is 2.33. The monoisotopic (exact) mass is 424 g/mol. The van der Waals surface area contributed by atoms with Gasteiger partial charge in [-0.3, -0.25) is 4.90 Å². The molecule has 0 spiro atoms. The van der Waals surface area contributed by atoms with Crippen molar-refractivity contribution in [2.75, 3.05) is 20.2 Å². The van der Waals surface area contributed by atoms with Crippen molar-refractivity contribution in [2.45, 2.75) is 30.5 Å². The van der Waals surface area contributed by atoms with Gasteiger partial charge in [-0.2, -0.15) is 13.8 Å². The summed E-state index contributed by atoms with van der Waals surface area (Å²) in [7, 11) is -2.19. The number of methoxy groups -OCH3 is 1. The molecule has 12 heteroatoms. The number of ether oxygens (including phenoxy) is 1. The van der Waals surface area contributed by atoms with Crippen LogP contribution in [0.5, 0.6) is 0 Å². The van der Waals surface area contributed by atoms with Crippen LogP contribution in [0.2, 0.25) is 0 Å². The molecule has 0 bridgehead atoms. The molecular weight excluding hydrogens is 404 g/mol. The fourth-order valence-electron chi connectivity index (χ4n) is 3.51. The van der Waals surface area contributed by atoms with Crippen molar-refractivity contribution in [3.63, 3.8) is 0 Å². The van der Waals surface area contributed by atoms with E-state index in [9.17, 15) is 13.2 Å². The Morgan fingerprint density at radius 1 is 1.32 bits per heavy atom. The van der Waals surface area contributed by atoms with E-state index in [1.54, 1.807) is 28.8 Å². The van der Waals surface area contributed by atoms with Crippen molar-refractivity contribution >= 4 is 33.8 Å². The molecular formula is C16H20N6O4S2. The normalized spacial score (nSPS) is 18.6. The Labute approximate surface area is 166 Å². The Kier molecular flexibility index (Phi) is 4.93. The minimum absolute atomic E-state index is 0.0195. The molecule has 0 saturated carbocycles.